The number of thiophene rings is 1. The lowest BCUT2D eigenvalue weighted by molar-refractivity contribution is -0.122. The first-order valence-corrected chi connectivity index (χ1v) is 11.3. The first-order chi connectivity index (χ1) is 14.1. The van der Waals surface area contributed by atoms with E-state index in [0.717, 1.165) is 52.9 Å². The fourth-order valence-electron chi connectivity index (χ4n) is 3.45. The summed E-state index contributed by atoms with van der Waals surface area (Å²) in [6.07, 6.45) is 1.83. The number of hydrogen-bond acceptors (Lipinski definition) is 6. The van der Waals surface area contributed by atoms with Crippen molar-refractivity contribution >= 4 is 45.9 Å². The molecule has 4 rings (SSSR count). The van der Waals surface area contributed by atoms with Crippen LogP contribution in [0.25, 0.3) is 9.88 Å². The molecule has 8 heteroatoms. The summed E-state index contributed by atoms with van der Waals surface area (Å²) in [6.45, 7) is 1.63. The van der Waals surface area contributed by atoms with Crippen molar-refractivity contribution in [2.24, 2.45) is 11.7 Å². The number of rotatable bonds is 6. The lowest BCUT2D eigenvalue weighted by atomic mass is 9.96. The Kier molecular flexibility index (Phi) is 5.92. The van der Waals surface area contributed by atoms with Crippen LogP contribution in [0.3, 0.4) is 0 Å². The number of thiazole rings is 1. The molecule has 2 aromatic heterocycles. The minimum absolute atomic E-state index is 0.0177. The van der Waals surface area contributed by atoms with Gasteiger partial charge in [0.15, 0.2) is 0 Å². The summed E-state index contributed by atoms with van der Waals surface area (Å²) in [5, 5.41) is 7.84. The molecule has 0 bridgehead atoms. The fraction of sp³-hybridized carbons (Fsp3) is 0.286. The second-order valence-corrected chi connectivity index (χ2v) is 8.86. The van der Waals surface area contributed by atoms with Crippen molar-refractivity contribution in [3.05, 3.63) is 52.9 Å². The third-order valence-electron chi connectivity index (χ3n) is 5.04. The Morgan fingerprint density at radius 2 is 1.90 bits per heavy atom. The quantitative estimate of drug-likeness (QED) is 0.628. The Labute approximate surface area is 177 Å². The second kappa shape index (κ2) is 8.75. The van der Waals surface area contributed by atoms with E-state index in [2.05, 4.69) is 15.2 Å². The van der Waals surface area contributed by atoms with Gasteiger partial charge < -0.3 is 16.0 Å². The maximum Gasteiger partial charge on any atom is 0.230 e. The minimum atomic E-state index is -0.203. The zero-order chi connectivity index (χ0) is 20.2. The number of primary amides is 1. The van der Waals surface area contributed by atoms with Crippen LogP contribution in [0.5, 0.6) is 0 Å². The number of carbonyl (C=O) groups is 2. The predicted molar refractivity (Wildman–Crippen MR) is 118 cm³/mol. The molecule has 0 aliphatic carbocycles. The van der Waals surface area contributed by atoms with Crippen molar-refractivity contribution in [3.63, 3.8) is 0 Å². The number of benzene rings is 1. The molecule has 6 nitrogen and oxygen atoms in total. The third-order valence-corrected chi connectivity index (χ3v) is 6.97. The predicted octanol–water partition coefficient (Wildman–Crippen LogP) is 3.75. The van der Waals surface area contributed by atoms with E-state index in [-0.39, 0.29) is 24.2 Å². The molecular formula is C21H22N4O2S2. The molecule has 2 amide bonds. The average Bonchev–Trinajstić information content (AvgIpc) is 3.40. The highest BCUT2D eigenvalue weighted by Gasteiger charge is 2.23. The van der Waals surface area contributed by atoms with Gasteiger partial charge in [0.2, 0.25) is 11.8 Å². The van der Waals surface area contributed by atoms with Gasteiger partial charge in [0.05, 0.1) is 17.0 Å². The molecule has 3 aromatic rings. The van der Waals surface area contributed by atoms with E-state index >= 15 is 0 Å². The van der Waals surface area contributed by atoms with Gasteiger partial charge in [-0.25, -0.2) is 4.98 Å². The number of anilines is 2. The second-order valence-electron chi connectivity index (χ2n) is 7.06. The maximum atomic E-state index is 12.4. The van der Waals surface area contributed by atoms with E-state index in [1.165, 1.54) is 0 Å². The van der Waals surface area contributed by atoms with Crippen LogP contribution < -0.4 is 16.0 Å². The van der Waals surface area contributed by atoms with Crippen LogP contribution in [0, 0.1) is 5.92 Å². The molecule has 29 heavy (non-hydrogen) atoms. The first kappa shape index (κ1) is 19.6. The smallest absolute Gasteiger partial charge is 0.230 e. The highest BCUT2D eigenvalue weighted by molar-refractivity contribution is 7.20. The van der Waals surface area contributed by atoms with Crippen LogP contribution in [0.4, 0.5) is 11.4 Å². The fourth-order valence-corrected chi connectivity index (χ4v) is 5.08. The molecule has 1 fully saturated rings. The van der Waals surface area contributed by atoms with Gasteiger partial charge in [-0.3, -0.25) is 9.59 Å². The summed E-state index contributed by atoms with van der Waals surface area (Å²) < 4.78 is 0. The molecule has 0 spiro atoms. The normalized spacial score (nSPS) is 14.7. The maximum absolute atomic E-state index is 12.4. The SMILES string of the molecule is NC(=O)C1CCN(c2ccc(NC(=O)Cc3csc(-c4cccs4)n3)cc2)CC1. The molecule has 3 N–H and O–H groups in total. The molecule has 1 aliphatic heterocycles. The lowest BCUT2D eigenvalue weighted by Gasteiger charge is -2.32. The highest BCUT2D eigenvalue weighted by atomic mass is 32.1. The topological polar surface area (TPSA) is 88.3 Å². The monoisotopic (exact) mass is 426 g/mol. The van der Waals surface area contributed by atoms with Crippen molar-refractivity contribution in [1.82, 2.24) is 4.98 Å². The van der Waals surface area contributed by atoms with Gasteiger partial charge in [0.1, 0.15) is 5.01 Å². The number of aromatic nitrogens is 1. The minimum Gasteiger partial charge on any atom is -0.371 e. The summed E-state index contributed by atoms with van der Waals surface area (Å²) in [4.78, 5) is 31.6. The van der Waals surface area contributed by atoms with E-state index in [0.29, 0.717) is 0 Å². The van der Waals surface area contributed by atoms with Gasteiger partial charge in [-0.2, -0.15) is 0 Å². The third kappa shape index (κ3) is 4.83. The van der Waals surface area contributed by atoms with Crippen molar-refractivity contribution in [3.8, 4) is 9.88 Å². The number of amides is 2. The number of nitrogens with two attached hydrogens (primary N) is 1. The summed E-state index contributed by atoms with van der Waals surface area (Å²) in [5.41, 5.74) is 8.03. The average molecular weight is 427 g/mol. The molecule has 3 heterocycles. The number of nitrogens with one attached hydrogen (secondary N) is 1. The number of hydrogen-bond donors (Lipinski definition) is 2. The molecule has 150 valence electrons. The van der Waals surface area contributed by atoms with Crippen LogP contribution in [0.1, 0.15) is 18.5 Å². The number of piperidine rings is 1. The van der Waals surface area contributed by atoms with Gasteiger partial charge in [-0.1, -0.05) is 6.07 Å². The molecule has 0 atom stereocenters. The standard InChI is InChI=1S/C21H22N4O2S2/c22-20(27)14-7-9-25(10-8-14)17-5-3-15(4-6-17)23-19(26)12-16-13-29-21(24-16)18-2-1-11-28-18/h1-6,11,13-14H,7-10,12H2,(H2,22,27)(H,23,26). The Morgan fingerprint density at radius 1 is 1.14 bits per heavy atom. The van der Waals surface area contributed by atoms with E-state index in [4.69, 9.17) is 5.73 Å². The van der Waals surface area contributed by atoms with E-state index < -0.39 is 0 Å². The van der Waals surface area contributed by atoms with Crippen molar-refractivity contribution < 1.29 is 9.59 Å². The number of carbonyl (C=O) groups excluding carboxylic acids is 2. The van der Waals surface area contributed by atoms with Gasteiger partial charge in [0, 0.05) is 35.8 Å². The van der Waals surface area contributed by atoms with Crippen molar-refractivity contribution in [1.29, 1.82) is 0 Å². The van der Waals surface area contributed by atoms with E-state index in [1.54, 1.807) is 22.7 Å². The lowest BCUT2D eigenvalue weighted by Crippen LogP contribution is -2.38. The zero-order valence-electron chi connectivity index (χ0n) is 15.8. The first-order valence-electron chi connectivity index (χ1n) is 9.51. The highest BCUT2D eigenvalue weighted by Crippen LogP contribution is 2.28. The van der Waals surface area contributed by atoms with Crippen LogP contribution in [-0.2, 0) is 16.0 Å². The van der Waals surface area contributed by atoms with E-state index in [9.17, 15) is 9.59 Å². The Morgan fingerprint density at radius 3 is 2.55 bits per heavy atom. The van der Waals surface area contributed by atoms with Gasteiger partial charge >= 0.3 is 0 Å². The number of nitrogens with zero attached hydrogens (tertiary/aromatic N) is 2. The van der Waals surface area contributed by atoms with Crippen molar-refractivity contribution in [2.75, 3.05) is 23.3 Å². The molecule has 0 saturated carbocycles. The molecule has 1 aromatic carbocycles. The van der Waals surface area contributed by atoms with Gasteiger partial charge in [-0.15, -0.1) is 22.7 Å². The summed E-state index contributed by atoms with van der Waals surface area (Å²) in [5.74, 6) is -0.302. The molecular weight excluding hydrogens is 404 g/mol. The largest absolute Gasteiger partial charge is 0.371 e. The molecule has 1 saturated heterocycles. The Hall–Kier alpha value is -2.71. The van der Waals surface area contributed by atoms with Crippen LogP contribution in [0.15, 0.2) is 47.2 Å². The van der Waals surface area contributed by atoms with Gasteiger partial charge in [-0.05, 0) is 48.6 Å². The van der Waals surface area contributed by atoms with Crippen LogP contribution in [0.2, 0.25) is 0 Å². The van der Waals surface area contributed by atoms with Crippen LogP contribution >= 0.6 is 22.7 Å². The summed E-state index contributed by atoms with van der Waals surface area (Å²) in [6, 6.07) is 11.8. The van der Waals surface area contributed by atoms with E-state index in [1.807, 2.05) is 47.2 Å². The van der Waals surface area contributed by atoms with Crippen LogP contribution in [-0.4, -0.2) is 29.9 Å². The Bertz CT molecular complexity index is 975. The van der Waals surface area contributed by atoms with Gasteiger partial charge in [0.25, 0.3) is 0 Å². The van der Waals surface area contributed by atoms with Crippen molar-refractivity contribution in [2.45, 2.75) is 19.3 Å². The molecule has 1 aliphatic rings. The summed E-state index contributed by atoms with van der Waals surface area (Å²) in [7, 11) is 0. The summed E-state index contributed by atoms with van der Waals surface area (Å²) >= 11 is 3.21. The zero-order valence-corrected chi connectivity index (χ0v) is 17.5. The molecule has 0 unspecified atom stereocenters. The molecule has 0 radical (unpaired) electrons. The Balaban J connectivity index is 1.31.